The molecule has 0 aromatic heterocycles. The third-order valence-electron chi connectivity index (χ3n) is 6.00. The molecule has 0 heterocycles. The topological polar surface area (TPSA) is 0 Å². The average molecular weight is 563 g/mol. The Morgan fingerprint density at radius 3 is 1.45 bits per heavy atom. The fraction of sp³-hybridized carbons (Fsp3) is 0.286. The molecule has 0 spiro atoms. The summed E-state index contributed by atoms with van der Waals surface area (Å²) in [4.78, 5) is 0. The molecule has 0 aliphatic carbocycles. The number of halogens is 2. The summed E-state index contributed by atoms with van der Waals surface area (Å²) in [5.41, 5.74) is 0. The normalized spacial score (nSPS) is 13.2. The van der Waals surface area contributed by atoms with Crippen LogP contribution in [-0.2, 0) is 0 Å². The van der Waals surface area contributed by atoms with E-state index >= 15 is 0 Å². The van der Waals surface area contributed by atoms with Gasteiger partial charge in [0.05, 0.1) is 0 Å². The number of unbranched alkanes of at least 4 members (excludes halogenated alkanes) is 5. The maximum atomic E-state index is 8.05. The SMILES string of the molecule is ClP(CC=CCCCCCCCI)(c1ccccc1)(c1ccccc1)c1ccccc1. The average Bonchev–Trinajstić information content (AvgIpc) is 2.84. The summed E-state index contributed by atoms with van der Waals surface area (Å²) in [5, 5.41) is 3.70. The number of hydrogen-bond acceptors (Lipinski definition) is 0. The van der Waals surface area contributed by atoms with Crippen molar-refractivity contribution < 1.29 is 0 Å². The monoisotopic (exact) mass is 562 g/mol. The Hall–Kier alpha value is -1.15. The zero-order valence-electron chi connectivity index (χ0n) is 18.2. The summed E-state index contributed by atoms with van der Waals surface area (Å²) in [5.74, 6) is -3.14. The fourth-order valence-corrected chi connectivity index (χ4v) is 10.5. The summed E-state index contributed by atoms with van der Waals surface area (Å²) in [6, 6.07) is 32.2. The van der Waals surface area contributed by atoms with Crippen molar-refractivity contribution in [3.8, 4) is 0 Å². The summed E-state index contributed by atoms with van der Waals surface area (Å²) < 4.78 is 1.28. The number of hydrogen-bond donors (Lipinski definition) is 0. The van der Waals surface area contributed by atoms with Crippen molar-refractivity contribution in [1.82, 2.24) is 0 Å². The first-order chi connectivity index (χ1) is 15.2. The predicted molar refractivity (Wildman–Crippen MR) is 152 cm³/mol. The van der Waals surface area contributed by atoms with Gasteiger partial charge in [0.2, 0.25) is 0 Å². The molecule has 0 N–H and O–H groups in total. The van der Waals surface area contributed by atoms with Crippen molar-refractivity contribution in [3.63, 3.8) is 0 Å². The van der Waals surface area contributed by atoms with Crippen molar-refractivity contribution >= 4 is 55.7 Å². The van der Waals surface area contributed by atoms with E-state index < -0.39 is 5.96 Å². The molecular formula is C28H33ClIP. The molecule has 0 aliphatic rings. The van der Waals surface area contributed by atoms with E-state index in [1.807, 2.05) is 0 Å². The Morgan fingerprint density at radius 2 is 1.00 bits per heavy atom. The molecule has 31 heavy (non-hydrogen) atoms. The molecule has 3 aromatic carbocycles. The van der Waals surface area contributed by atoms with E-state index in [4.69, 9.17) is 11.2 Å². The molecule has 3 rings (SSSR count). The minimum atomic E-state index is -3.14. The van der Waals surface area contributed by atoms with E-state index in [1.54, 1.807) is 0 Å². The number of alkyl halides is 1. The van der Waals surface area contributed by atoms with Crippen molar-refractivity contribution in [2.45, 2.75) is 38.5 Å². The third kappa shape index (κ3) is 5.81. The Morgan fingerprint density at radius 1 is 0.581 bits per heavy atom. The van der Waals surface area contributed by atoms with Crippen LogP contribution >= 0.6 is 39.8 Å². The van der Waals surface area contributed by atoms with Crippen LogP contribution < -0.4 is 15.9 Å². The second-order valence-corrected chi connectivity index (χ2v) is 15.7. The standard InChI is InChI=1S/C28H33ClIP/c29-31(26-18-10-7-11-19-26,27-20-12-8-13-21-27,28-22-14-9-15-23-28)25-17-6-4-2-1-3-5-16-24-30/h6-15,17-23H,1-5,16,24-25H2. The second-order valence-electron chi connectivity index (χ2n) is 8.09. The molecule has 0 fully saturated rings. The zero-order valence-corrected chi connectivity index (χ0v) is 22.0. The van der Waals surface area contributed by atoms with Gasteiger partial charge >= 0.3 is 208 Å². The van der Waals surface area contributed by atoms with Gasteiger partial charge in [-0.1, -0.05) is 0 Å². The van der Waals surface area contributed by atoms with Crippen LogP contribution in [0.15, 0.2) is 103 Å². The van der Waals surface area contributed by atoms with Gasteiger partial charge in [-0.3, -0.25) is 0 Å². The van der Waals surface area contributed by atoms with Crippen molar-refractivity contribution in [3.05, 3.63) is 103 Å². The van der Waals surface area contributed by atoms with E-state index in [-0.39, 0.29) is 0 Å². The van der Waals surface area contributed by atoms with Gasteiger partial charge in [0, 0.05) is 0 Å². The minimum absolute atomic E-state index is 0.833. The van der Waals surface area contributed by atoms with Gasteiger partial charge in [0.25, 0.3) is 0 Å². The maximum absolute atomic E-state index is 8.05. The van der Waals surface area contributed by atoms with Crippen molar-refractivity contribution in [1.29, 1.82) is 0 Å². The molecular weight excluding hydrogens is 530 g/mol. The van der Waals surface area contributed by atoms with E-state index in [0.29, 0.717) is 0 Å². The molecule has 0 unspecified atom stereocenters. The Kier molecular flexibility index (Phi) is 9.63. The molecule has 0 bridgehead atoms. The van der Waals surface area contributed by atoms with Gasteiger partial charge in [-0.15, -0.1) is 0 Å². The molecule has 164 valence electrons. The first kappa shape index (κ1) is 24.5. The quantitative estimate of drug-likeness (QED) is 0.0690. The summed E-state index contributed by atoms with van der Waals surface area (Å²) in [6.07, 6.45) is 13.3. The second kappa shape index (κ2) is 12.2. The van der Waals surface area contributed by atoms with Crippen LogP contribution in [0.3, 0.4) is 0 Å². The van der Waals surface area contributed by atoms with Gasteiger partial charge < -0.3 is 0 Å². The zero-order chi connectivity index (χ0) is 21.9. The first-order valence-electron chi connectivity index (χ1n) is 11.3. The van der Waals surface area contributed by atoms with E-state index in [2.05, 4.69) is 126 Å². The van der Waals surface area contributed by atoms with E-state index in [1.165, 1.54) is 52.4 Å². The summed E-state index contributed by atoms with van der Waals surface area (Å²) in [6.45, 7) is 0. The molecule has 3 aromatic rings. The van der Waals surface area contributed by atoms with Gasteiger partial charge in [0.1, 0.15) is 0 Å². The van der Waals surface area contributed by atoms with E-state index in [9.17, 15) is 0 Å². The molecule has 0 amide bonds. The van der Waals surface area contributed by atoms with Crippen LogP contribution in [0.4, 0.5) is 0 Å². The molecule has 3 heteroatoms. The predicted octanol–water partition coefficient (Wildman–Crippen LogP) is 8.00. The number of rotatable bonds is 12. The van der Waals surface area contributed by atoms with Crippen LogP contribution in [-0.4, -0.2) is 10.6 Å². The van der Waals surface area contributed by atoms with Crippen molar-refractivity contribution in [2.24, 2.45) is 0 Å². The third-order valence-corrected chi connectivity index (χ3v) is 14.0. The van der Waals surface area contributed by atoms with Crippen LogP contribution in [0.2, 0.25) is 0 Å². The van der Waals surface area contributed by atoms with Crippen LogP contribution in [0, 0.1) is 0 Å². The molecule has 0 aliphatic heterocycles. The van der Waals surface area contributed by atoms with Gasteiger partial charge in [0.15, 0.2) is 0 Å². The fourth-order valence-electron chi connectivity index (χ4n) is 4.26. The molecule has 0 saturated heterocycles. The molecule has 0 radical (unpaired) electrons. The van der Waals surface area contributed by atoms with Crippen LogP contribution in [0.5, 0.6) is 0 Å². The van der Waals surface area contributed by atoms with Gasteiger partial charge in [-0.25, -0.2) is 0 Å². The van der Waals surface area contributed by atoms with Gasteiger partial charge in [-0.2, -0.15) is 0 Å². The Labute approximate surface area is 207 Å². The Bertz CT molecular complexity index is 826. The summed E-state index contributed by atoms with van der Waals surface area (Å²) >= 11 is 10.5. The molecule has 0 atom stereocenters. The number of benzene rings is 3. The van der Waals surface area contributed by atoms with Crippen molar-refractivity contribution in [2.75, 3.05) is 10.6 Å². The Balaban J connectivity index is 1.93. The number of allylic oxidation sites excluding steroid dienone is 2. The van der Waals surface area contributed by atoms with Crippen LogP contribution in [0.1, 0.15) is 38.5 Å². The van der Waals surface area contributed by atoms with Crippen LogP contribution in [0.25, 0.3) is 0 Å². The van der Waals surface area contributed by atoms with Gasteiger partial charge in [-0.05, 0) is 0 Å². The summed E-state index contributed by atoms with van der Waals surface area (Å²) in [7, 11) is 0. The van der Waals surface area contributed by atoms with E-state index in [0.717, 1.165) is 12.6 Å². The first-order valence-corrected chi connectivity index (χ1v) is 16.2. The molecule has 0 nitrogen and oxygen atoms in total. The molecule has 0 saturated carbocycles.